The molecule has 8 nitrogen and oxygen atoms in total. The van der Waals surface area contributed by atoms with Gasteiger partial charge in [0.2, 0.25) is 0 Å². The Morgan fingerprint density at radius 3 is 2.14 bits per heavy atom. The van der Waals surface area contributed by atoms with Crippen LogP contribution >= 0.6 is 0 Å². The van der Waals surface area contributed by atoms with E-state index < -0.39 is 30.6 Å². The Bertz CT molecular complexity index is 1060. The molecule has 0 bridgehead atoms. The molecule has 0 spiro atoms. The molecule has 10 heteroatoms. The molecular formula is C19H12Na2O8. The molecule has 0 aliphatic rings. The Morgan fingerprint density at radius 1 is 0.897 bits per heavy atom. The molecule has 0 saturated heterocycles. The van der Waals surface area contributed by atoms with Crippen LogP contribution in [-0.4, -0.2) is 25.2 Å². The number of fused-ring (bicyclic) bond motifs is 1. The van der Waals surface area contributed by atoms with Gasteiger partial charge in [-0.05, 0) is 0 Å². The minimum atomic E-state index is -1.49. The van der Waals surface area contributed by atoms with Crippen molar-refractivity contribution in [1.29, 1.82) is 0 Å². The van der Waals surface area contributed by atoms with Gasteiger partial charge in [0.1, 0.15) is 41.4 Å². The molecule has 0 aliphatic heterocycles. The number of hydrogen-bond acceptors (Lipinski definition) is 8. The van der Waals surface area contributed by atoms with Crippen LogP contribution in [0.4, 0.5) is 0 Å². The minimum absolute atomic E-state index is 0. The number of benzene rings is 2. The van der Waals surface area contributed by atoms with Gasteiger partial charge in [-0.2, -0.15) is 0 Å². The van der Waals surface area contributed by atoms with Crippen molar-refractivity contribution in [2.24, 2.45) is 0 Å². The van der Waals surface area contributed by atoms with E-state index in [2.05, 4.69) is 0 Å². The Morgan fingerprint density at radius 2 is 1.52 bits per heavy atom. The van der Waals surface area contributed by atoms with E-state index in [1.165, 1.54) is 18.2 Å². The molecule has 1 heterocycles. The van der Waals surface area contributed by atoms with Crippen LogP contribution in [0.2, 0.25) is 0 Å². The molecule has 3 aromatic rings. The van der Waals surface area contributed by atoms with Gasteiger partial charge in [-0.25, -0.2) is 0 Å². The topological polar surface area (TPSA) is 129 Å². The second-order valence-electron chi connectivity index (χ2n) is 5.46. The maximum atomic E-state index is 12.6. The first kappa shape index (κ1) is 25.2. The summed E-state index contributed by atoms with van der Waals surface area (Å²) in [7, 11) is 0. The summed E-state index contributed by atoms with van der Waals surface area (Å²) in [5, 5.41) is 21.3. The van der Waals surface area contributed by atoms with Crippen LogP contribution in [0, 0.1) is 0 Å². The van der Waals surface area contributed by atoms with Gasteiger partial charge < -0.3 is 33.7 Å². The molecule has 0 atom stereocenters. The van der Waals surface area contributed by atoms with Gasteiger partial charge in [-0.1, -0.05) is 30.3 Å². The van der Waals surface area contributed by atoms with Crippen LogP contribution < -0.4 is 84.2 Å². The molecule has 138 valence electrons. The van der Waals surface area contributed by atoms with Gasteiger partial charge in [0, 0.05) is 23.8 Å². The second-order valence-corrected chi connectivity index (χ2v) is 5.46. The molecule has 29 heavy (non-hydrogen) atoms. The third kappa shape index (κ3) is 6.60. The Balaban J connectivity index is 0.00000210. The van der Waals surface area contributed by atoms with Gasteiger partial charge in [-0.3, -0.25) is 4.79 Å². The Labute approximate surface area is 209 Å². The molecular weight excluding hydrogens is 402 g/mol. The van der Waals surface area contributed by atoms with Gasteiger partial charge in [-0.15, -0.1) is 0 Å². The van der Waals surface area contributed by atoms with E-state index in [0.717, 1.165) is 0 Å². The van der Waals surface area contributed by atoms with Crippen molar-refractivity contribution < 1.29 is 92.8 Å². The third-order valence-corrected chi connectivity index (χ3v) is 3.53. The predicted molar refractivity (Wildman–Crippen MR) is 88.9 cm³/mol. The van der Waals surface area contributed by atoms with Gasteiger partial charge in [0.25, 0.3) is 0 Å². The van der Waals surface area contributed by atoms with Crippen molar-refractivity contribution in [3.8, 4) is 22.8 Å². The molecule has 0 amide bonds. The van der Waals surface area contributed by atoms with Crippen molar-refractivity contribution in [3.05, 3.63) is 58.8 Å². The number of hydrogen-bond donors (Lipinski definition) is 0. The zero-order chi connectivity index (χ0) is 19.4. The standard InChI is InChI=1S/C19H14O8.2Na/c20-13-8-14(11-4-2-1-3-5-11)27-16-7-12(25-9-17(21)22)6-15(19(13)16)26-10-18(23)24;;/h1-8H,9-10H2,(H,21,22)(H,23,24);;/q;2*+1/p-2. The summed E-state index contributed by atoms with van der Waals surface area (Å²) < 4.78 is 15.9. The molecule has 0 saturated carbocycles. The molecule has 2 aromatic carbocycles. The fraction of sp³-hybridized carbons (Fsp3) is 0.105. The van der Waals surface area contributed by atoms with Crippen LogP contribution in [0.1, 0.15) is 0 Å². The van der Waals surface area contributed by atoms with Gasteiger partial charge in [0.05, 0.1) is 11.9 Å². The molecule has 3 rings (SSSR count). The van der Waals surface area contributed by atoms with E-state index in [1.807, 2.05) is 0 Å². The fourth-order valence-electron chi connectivity index (χ4n) is 2.45. The normalized spacial score (nSPS) is 9.79. The van der Waals surface area contributed by atoms with Crippen molar-refractivity contribution >= 4 is 22.9 Å². The zero-order valence-corrected chi connectivity index (χ0v) is 19.8. The quantitative estimate of drug-likeness (QED) is 0.349. The van der Waals surface area contributed by atoms with Gasteiger partial charge in [0.15, 0.2) is 5.43 Å². The van der Waals surface area contributed by atoms with Crippen LogP contribution in [0.3, 0.4) is 0 Å². The van der Waals surface area contributed by atoms with E-state index in [9.17, 15) is 24.6 Å². The SMILES string of the molecule is O=C([O-])COc1cc(OCC(=O)[O-])c2c(=O)cc(-c3ccccc3)oc2c1.[Na+].[Na+]. The van der Waals surface area contributed by atoms with Crippen LogP contribution in [0.15, 0.2) is 57.7 Å². The number of carbonyl (C=O) groups excluding carboxylic acids is 2. The molecule has 0 aliphatic carbocycles. The molecule has 1 aromatic heterocycles. The van der Waals surface area contributed by atoms with E-state index in [1.54, 1.807) is 30.3 Å². The summed E-state index contributed by atoms with van der Waals surface area (Å²) in [6, 6.07) is 12.6. The zero-order valence-electron chi connectivity index (χ0n) is 15.8. The average molecular weight is 414 g/mol. The summed E-state index contributed by atoms with van der Waals surface area (Å²) in [4.78, 5) is 33.8. The van der Waals surface area contributed by atoms with Gasteiger partial charge >= 0.3 is 59.1 Å². The monoisotopic (exact) mass is 414 g/mol. The van der Waals surface area contributed by atoms with Crippen molar-refractivity contribution in [2.75, 3.05) is 13.2 Å². The largest absolute Gasteiger partial charge is 1.00 e. The number of rotatable bonds is 7. The van der Waals surface area contributed by atoms with E-state index >= 15 is 0 Å². The first-order valence-corrected chi connectivity index (χ1v) is 7.76. The van der Waals surface area contributed by atoms with E-state index in [-0.39, 0.29) is 87.3 Å². The number of ether oxygens (including phenoxy) is 2. The number of carboxylic acids is 2. The fourth-order valence-corrected chi connectivity index (χ4v) is 2.45. The smallest absolute Gasteiger partial charge is 0.546 e. The van der Waals surface area contributed by atoms with Crippen molar-refractivity contribution in [1.82, 2.24) is 0 Å². The molecule has 0 fully saturated rings. The number of carboxylic acid groups (broad SMARTS) is 2. The first-order chi connectivity index (χ1) is 12.9. The molecule has 0 radical (unpaired) electrons. The summed E-state index contributed by atoms with van der Waals surface area (Å²) in [6.45, 7) is -1.55. The summed E-state index contributed by atoms with van der Waals surface area (Å²) in [5.41, 5.74) is 0.232. The first-order valence-electron chi connectivity index (χ1n) is 7.76. The Hall–Kier alpha value is -1.81. The van der Waals surface area contributed by atoms with E-state index in [4.69, 9.17) is 13.9 Å². The van der Waals surface area contributed by atoms with Crippen molar-refractivity contribution in [3.63, 3.8) is 0 Å². The van der Waals surface area contributed by atoms with E-state index in [0.29, 0.717) is 5.56 Å². The minimum Gasteiger partial charge on any atom is -0.546 e. The third-order valence-electron chi connectivity index (χ3n) is 3.53. The average Bonchev–Trinajstić information content (AvgIpc) is 2.64. The number of carbonyl (C=O) groups is 2. The second kappa shape index (κ2) is 11.4. The predicted octanol–water partition coefficient (Wildman–Crippen LogP) is -6.27. The summed E-state index contributed by atoms with van der Waals surface area (Å²) in [5.74, 6) is -2.79. The Kier molecular flexibility index (Phi) is 9.91. The maximum Gasteiger partial charge on any atom is 1.00 e. The summed E-state index contributed by atoms with van der Waals surface area (Å²) in [6.07, 6.45) is 0. The van der Waals surface area contributed by atoms with Crippen LogP contribution in [0.25, 0.3) is 22.3 Å². The van der Waals surface area contributed by atoms with Crippen LogP contribution in [0.5, 0.6) is 11.5 Å². The number of aliphatic carboxylic acids is 2. The summed E-state index contributed by atoms with van der Waals surface area (Å²) >= 11 is 0. The molecule has 0 N–H and O–H groups in total. The van der Waals surface area contributed by atoms with Crippen molar-refractivity contribution in [2.45, 2.75) is 0 Å². The maximum absolute atomic E-state index is 12.6. The van der Waals surface area contributed by atoms with Crippen LogP contribution in [-0.2, 0) is 9.59 Å². The molecule has 0 unspecified atom stereocenters.